The fourth-order valence-corrected chi connectivity index (χ4v) is 2.93. The highest BCUT2D eigenvalue weighted by Crippen LogP contribution is 2.26. The molecule has 0 radical (unpaired) electrons. The van der Waals surface area contributed by atoms with Crippen molar-refractivity contribution >= 4 is 41.0 Å². The Balaban J connectivity index is 1.78. The number of rotatable bonds is 7. The van der Waals surface area contributed by atoms with E-state index in [9.17, 15) is 9.59 Å². The zero-order valence-corrected chi connectivity index (χ0v) is 16.6. The van der Waals surface area contributed by atoms with Gasteiger partial charge in [0.1, 0.15) is 5.82 Å². The van der Waals surface area contributed by atoms with Gasteiger partial charge in [0, 0.05) is 29.2 Å². The molecule has 2 aromatic carbocycles. The summed E-state index contributed by atoms with van der Waals surface area (Å²) in [7, 11) is 0. The number of carbonyl (C=O) groups excluding carboxylic acids is 2. The van der Waals surface area contributed by atoms with Gasteiger partial charge in [0.2, 0.25) is 17.8 Å². The Bertz CT molecular complexity index is 1100. The minimum absolute atomic E-state index is 0.406. The molecule has 0 unspecified atom stereocenters. The second kappa shape index (κ2) is 8.87. The van der Waals surface area contributed by atoms with Gasteiger partial charge in [-0.3, -0.25) is 9.59 Å². The van der Waals surface area contributed by atoms with Crippen molar-refractivity contribution in [1.82, 2.24) is 9.97 Å². The number of hydrogen-bond acceptors (Lipinski definition) is 6. The van der Waals surface area contributed by atoms with Gasteiger partial charge in [-0.05, 0) is 79.1 Å². The van der Waals surface area contributed by atoms with Crippen LogP contribution >= 0.6 is 0 Å². The topological polar surface area (TPSA) is 136 Å². The minimum Gasteiger partial charge on any atom is -0.366 e. The Morgan fingerprint density at radius 1 is 0.967 bits per heavy atom. The summed E-state index contributed by atoms with van der Waals surface area (Å²) in [5.74, 6) is 0.0553. The lowest BCUT2D eigenvalue weighted by atomic mass is 10.0. The lowest BCUT2D eigenvalue weighted by Crippen LogP contribution is -2.10. The van der Waals surface area contributed by atoms with Crippen LogP contribution in [0.25, 0.3) is 6.08 Å². The van der Waals surface area contributed by atoms with Gasteiger partial charge in [-0.1, -0.05) is 0 Å². The average molecular weight is 402 g/mol. The lowest BCUT2D eigenvalue weighted by molar-refractivity contribution is -0.113. The fraction of sp³-hybridized carbons (Fsp3) is 0.0909. The Labute approximate surface area is 174 Å². The van der Waals surface area contributed by atoms with E-state index in [4.69, 9.17) is 11.5 Å². The van der Waals surface area contributed by atoms with Crippen molar-refractivity contribution in [3.8, 4) is 0 Å². The zero-order chi connectivity index (χ0) is 21.7. The predicted molar refractivity (Wildman–Crippen MR) is 118 cm³/mol. The highest BCUT2D eigenvalue weighted by molar-refractivity contribution is 5.93. The van der Waals surface area contributed by atoms with Crippen LogP contribution in [-0.2, 0) is 4.79 Å². The van der Waals surface area contributed by atoms with Crippen LogP contribution in [0.3, 0.4) is 0 Å². The highest BCUT2D eigenvalue weighted by Gasteiger charge is 2.07. The van der Waals surface area contributed by atoms with E-state index in [0.29, 0.717) is 17.3 Å². The van der Waals surface area contributed by atoms with Crippen LogP contribution in [0.5, 0.6) is 0 Å². The van der Waals surface area contributed by atoms with E-state index in [-0.39, 0.29) is 0 Å². The Hall–Kier alpha value is -4.20. The molecule has 0 atom stereocenters. The van der Waals surface area contributed by atoms with E-state index >= 15 is 0 Å². The van der Waals surface area contributed by atoms with Crippen LogP contribution in [-0.4, -0.2) is 21.8 Å². The summed E-state index contributed by atoms with van der Waals surface area (Å²) in [6.07, 6.45) is 4.66. The van der Waals surface area contributed by atoms with E-state index in [1.807, 2.05) is 26.0 Å². The molecule has 3 aromatic rings. The molecule has 0 bridgehead atoms. The zero-order valence-electron chi connectivity index (χ0n) is 16.6. The standard InChI is InChI=1S/C22H22N6O2/c1-13-11-15(3-8-18(23)29)12-14(2)20(13)27-19-9-10-25-22(28-19)26-17-6-4-16(5-7-17)21(24)30/h3-12H,1-2H3,(H2,23,29)(H2,24,30)(H2,25,26,27,28)/b8-3+. The molecule has 6 N–H and O–H groups in total. The van der Waals surface area contributed by atoms with Crippen molar-refractivity contribution in [2.24, 2.45) is 11.5 Å². The normalized spacial score (nSPS) is 10.7. The summed E-state index contributed by atoms with van der Waals surface area (Å²) in [4.78, 5) is 30.8. The number of anilines is 4. The van der Waals surface area contributed by atoms with Crippen LogP contribution in [0.2, 0.25) is 0 Å². The first kappa shape index (κ1) is 20.5. The molecule has 0 aliphatic heterocycles. The number of carbonyl (C=O) groups is 2. The molecule has 1 heterocycles. The van der Waals surface area contributed by atoms with Gasteiger partial charge in [0.05, 0.1) is 0 Å². The SMILES string of the molecule is Cc1cc(/C=C/C(N)=O)cc(C)c1Nc1ccnc(Nc2ccc(C(N)=O)cc2)n1. The first-order chi connectivity index (χ1) is 14.3. The second-order valence-corrected chi connectivity index (χ2v) is 6.72. The third-order valence-corrected chi connectivity index (χ3v) is 4.33. The monoisotopic (exact) mass is 402 g/mol. The molecule has 152 valence electrons. The van der Waals surface area contributed by atoms with E-state index < -0.39 is 11.8 Å². The van der Waals surface area contributed by atoms with Crippen LogP contribution < -0.4 is 22.1 Å². The Morgan fingerprint density at radius 3 is 2.23 bits per heavy atom. The van der Waals surface area contributed by atoms with Gasteiger partial charge in [-0.25, -0.2) is 4.98 Å². The molecule has 0 aliphatic rings. The first-order valence-corrected chi connectivity index (χ1v) is 9.17. The fourth-order valence-electron chi connectivity index (χ4n) is 2.93. The summed E-state index contributed by atoms with van der Waals surface area (Å²) in [6.45, 7) is 3.94. The first-order valence-electron chi connectivity index (χ1n) is 9.17. The van der Waals surface area contributed by atoms with E-state index in [2.05, 4.69) is 20.6 Å². The van der Waals surface area contributed by atoms with Gasteiger partial charge >= 0.3 is 0 Å². The number of aromatic nitrogens is 2. The molecule has 2 amide bonds. The third kappa shape index (κ3) is 5.20. The summed E-state index contributed by atoms with van der Waals surface area (Å²) in [6, 6.07) is 12.4. The molecule has 0 fully saturated rings. The second-order valence-electron chi connectivity index (χ2n) is 6.72. The van der Waals surface area contributed by atoms with Gasteiger partial charge in [0.25, 0.3) is 0 Å². The maximum Gasteiger partial charge on any atom is 0.248 e. The van der Waals surface area contributed by atoms with E-state index in [1.165, 1.54) is 6.08 Å². The van der Waals surface area contributed by atoms with Gasteiger partial charge in [-0.2, -0.15) is 4.98 Å². The van der Waals surface area contributed by atoms with Crippen LogP contribution in [0.1, 0.15) is 27.0 Å². The molecule has 8 nitrogen and oxygen atoms in total. The van der Waals surface area contributed by atoms with Crippen molar-refractivity contribution in [2.45, 2.75) is 13.8 Å². The van der Waals surface area contributed by atoms with Gasteiger partial charge < -0.3 is 22.1 Å². The lowest BCUT2D eigenvalue weighted by Gasteiger charge is -2.14. The molecular formula is C22H22N6O2. The molecule has 0 spiro atoms. The van der Waals surface area contributed by atoms with Crippen molar-refractivity contribution in [3.05, 3.63) is 77.0 Å². The van der Waals surface area contributed by atoms with Crippen LogP contribution in [0, 0.1) is 13.8 Å². The largest absolute Gasteiger partial charge is 0.366 e. The molecule has 0 saturated heterocycles. The summed E-state index contributed by atoms with van der Waals surface area (Å²) in [5, 5.41) is 6.41. The average Bonchev–Trinajstić information content (AvgIpc) is 2.70. The number of benzene rings is 2. The number of hydrogen-bond donors (Lipinski definition) is 4. The molecule has 30 heavy (non-hydrogen) atoms. The van der Waals surface area contributed by atoms with Gasteiger partial charge in [-0.15, -0.1) is 0 Å². The maximum absolute atomic E-state index is 11.2. The number of nitrogens with two attached hydrogens (primary N) is 2. The van der Waals surface area contributed by atoms with E-state index in [1.54, 1.807) is 42.6 Å². The van der Waals surface area contributed by atoms with Crippen LogP contribution in [0.15, 0.2) is 54.7 Å². The third-order valence-electron chi connectivity index (χ3n) is 4.33. The Morgan fingerprint density at radius 2 is 1.63 bits per heavy atom. The molecule has 0 saturated carbocycles. The van der Waals surface area contributed by atoms with Gasteiger partial charge in [0.15, 0.2) is 0 Å². The summed E-state index contributed by atoms with van der Waals surface area (Å²) < 4.78 is 0. The number of amides is 2. The molecule has 3 rings (SSSR count). The number of nitrogens with one attached hydrogen (secondary N) is 2. The molecule has 0 aliphatic carbocycles. The van der Waals surface area contributed by atoms with Crippen LogP contribution in [0.4, 0.5) is 23.1 Å². The molecule has 1 aromatic heterocycles. The maximum atomic E-state index is 11.2. The Kier molecular flexibility index (Phi) is 6.07. The smallest absolute Gasteiger partial charge is 0.248 e. The summed E-state index contributed by atoms with van der Waals surface area (Å²) in [5.41, 5.74) is 15.4. The number of nitrogens with zero attached hydrogens (tertiary/aromatic N) is 2. The molecular weight excluding hydrogens is 380 g/mol. The van der Waals surface area contributed by atoms with Crippen molar-refractivity contribution in [3.63, 3.8) is 0 Å². The van der Waals surface area contributed by atoms with Crippen molar-refractivity contribution in [2.75, 3.05) is 10.6 Å². The number of primary amides is 2. The highest BCUT2D eigenvalue weighted by atomic mass is 16.1. The number of aryl methyl sites for hydroxylation is 2. The summed E-state index contributed by atoms with van der Waals surface area (Å²) >= 11 is 0. The van der Waals surface area contributed by atoms with Crippen molar-refractivity contribution < 1.29 is 9.59 Å². The van der Waals surface area contributed by atoms with E-state index in [0.717, 1.165) is 28.1 Å². The van der Waals surface area contributed by atoms with Crippen molar-refractivity contribution in [1.29, 1.82) is 0 Å². The molecule has 8 heteroatoms. The quantitative estimate of drug-likeness (QED) is 0.448. The minimum atomic E-state index is -0.488. The predicted octanol–water partition coefficient (Wildman–Crippen LogP) is 3.18.